The van der Waals surface area contributed by atoms with E-state index in [9.17, 15) is 18.0 Å². The molecule has 1 unspecified atom stereocenters. The number of carbonyl (C=O) groups excluding carboxylic acids is 2. The summed E-state index contributed by atoms with van der Waals surface area (Å²) in [4.78, 5) is 24.4. The van der Waals surface area contributed by atoms with Crippen LogP contribution in [0.4, 0.5) is 5.69 Å². The summed E-state index contributed by atoms with van der Waals surface area (Å²) in [5.41, 5.74) is 1.04. The molecule has 0 bridgehead atoms. The third kappa shape index (κ3) is 3.85. The van der Waals surface area contributed by atoms with Crippen molar-refractivity contribution in [2.24, 2.45) is 5.10 Å². The van der Waals surface area contributed by atoms with Crippen LogP contribution in [0.5, 0.6) is 0 Å². The summed E-state index contributed by atoms with van der Waals surface area (Å²) in [6.45, 7) is 0. The number of hydrazone groups is 1. The monoisotopic (exact) mass is 360 g/mol. The largest absolute Gasteiger partial charge is 0.321 e. The standard InChI is InChI=1S/C16H16N4O4S/c17-9-11-2-1-3-12(8-11)18-16(22)14-4-5-15(21)20(19-14)13-6-7-25(23,24)10-13/h1-3,8,13H,4-7,10H2,(H,18,22). The highest BCUT2D eigenvalue weighted by atomic mass is 32.2. The quantitative estimate of drug-likeness (QED) is 0.849. The topological polar surface area (TPSA) is 120 Å². The average Bonchev–Trinajstić information content (AvgIpc) is 2.95. The van der Waals surface area contributed by atoms with Gasteiger partial charge in [0, 0.05) is 18.5 Å². The van der Waals surface area contributed by atoms with E-state index in [1.165, 1.54) is 6.07 Å². The maximum atomic E-state index is 12.4. The molecule has 1 atom stereocenters. The van der Waals surface area contributed by atoms with Gasteiger partial charge in [-0.05, 0) is 24.6 Å². The van der Waals surface area contributed by atoms with Crippen LogP contribution in [-0.2, 0) is 19.4 Å². The zero-order valence-corrected chi connectivity index (χ0v) is 14.1. The van der Waals surface area contributed by atoms with Gasteiger partial charge in [0.2, 0.25) is 5.91 Å². The van der Waals surface area contributed by atoms with Gasteiger partial charge in [-0.3, -0.25) is 9.59 Å². The second kappa shape index (κ2) is 6.64. The van der Waals surface area contributed by atoms with E-state index in [0.717, 1.165) is 5.01 Å². The van der Waals surface area contributed by atoms with Crippen molar-refractivity contribution in [1.29, 1.82) is 5.26 Å². The van der Waals surface area contributed by atoms with Crippen LogP contribution in [0.25, 0.3) is 0 Å². The van der Waals surface area contributed by atoms with E-state index in [1.54, 1.807) is 18.2 Å². The van der Waals surface area contributed by atoms with Crippen LogP contribution in [0, 0.1) is 11.3 Å². The molecule has 0 aromatic heterocycles. The van der Waals surface area contributed by atoms with Crippen LogP contribution in [-0.4, -0.2) is 48.5 Å². The van der Waals surface area contributed by atoms with E-state index >= 15 is 0 Å². The van der Waals surface area contributed by atoms with Crippen molar-refractivity contribution < 1.29 is 18.0 Å². The number of sulfone groups is 1. The summed E-state index contributed by atoms with van der Waals surface area (Å²) in [5.74, 6) is -0.834. The van der Waals surface area contributed by atoms with Crippen LogP contribution in [0.3, 0.4) is 0 Å². The van der Waals surface area contributed by atoms with E-state index in [2.05, 4.69) is 10.4 Å². The number of amides is 2. The third-order valence-electron chi connectivity index (χ3n) is 4.13. The van der Waals surface area contributed by atoms with Gasteiger partial charge in [0.25, 0.3) is 5.91 Å². The van der Waals surface area contributed by atoms with Crippen molar-refractivity contribution in [2.75, 3.05) is 16.8 Å². The fourth-order valence-electron chi connectivity index (χ4n) is 2.86. The highest BCUT2D eigenvalue weighted by Crippen LogP contribution is 2.22. The molecule has 9 heteroatoms. The zero-order chi connectivity index (χ0) is 18.0. The molecule has 1 saturated heterocycles. The maximum absolute atomic E-state index is 12.4. The molecule has 2 heterocycles. The first-order chi connectivity index (χ1) is 11.9. The molecule has 0 aliphatic carbocycles. The summed E-state index contributed by atoms with van der Waals surface area (Å²) < 4.78 is 23.2. The molecule has 0 spiro atoms. The Morgan fingerprint density at radius 2 is 2.16 bits per heavy atom. The van der Waals surface area contributed by atoms with Crippen molar-refractivity contribution in [1.82, 2.24) is 5.01 Å². The SMILES string of the molecule is N#Cc1cccc(NC(=O)C2=NN(C3CCS(=O)(=O)C3)C(=O)CC2)c1. The fraction of sp³-hybridized carbons (Fsp3) is 0.375. The molecule has 1 aromatic rings. The summed E-state index contributed by atoms with van der Waals surface area (Å²) in [7, 11) is -3.16. The first kappa shape index (κ1) is 17.1. The molecule has 3 rings (SSSR count). The molecule has 0 saturated carbocycles. The number of hydrogen-bond acceptors (Lipinski definition) is 6. The van der Waals surface area contributed by atoms with Gasteiger partial charge >= 0.3 is 0 Å². The molecule has 25 heavy (non-hydrogen) atoms. The smallest absolute Gasteiger partial charge is 0.271 e. The van der Waals surface area contributed by atoms with E-state index in [-0.39, 0.29) is 36.0 Å². The van der Waals surface area contributed by atoms with Crippen molar-refractivity contribution in [3.05, 3.63) is 29.8 Å². The summed E-state index contributed by atoms with van der Waals surface area (Å²) in [6, 6.07) is 7.93. The minimum absolute atomic E-state index is 0.0272. The number of anilines is 1. The number of rotatable bonds is 3. The molecular weight excluding hydrogens is 344 g/mol. The number of hydrogen-bond donors (Lipinski definition) is 1. The Bertz CT molecular complexity index is 901. The lowest BCUT2D eigenvalue weighted by atomic mass is 10.1. The van der Waals surface area contributed by atoms with Gasteiger partial charge in [-0.2, -0.15) is 10.4 Å². The lowest BCUT2D eigenvalue weighted by Crippen LogP contribution is -2.42. The lowest BCUT2D eigenvalue weighted by Gasteiger charge is -2.27. The Morgan fingerprint density at radius 1 is 1.36 bits per heavy atom. The molecule has 2 aliphatic rings. The average molecular weight is 360 g/mol. The Hall–Kier alpha value is -2.73. The Kier molecular flexibility index (Phi) is 4.55. The Morgan fingerprint density at radius 3 is 2.84 bits per heavy atom. The molecular formula is C16H16N4O4S. The van der Waals surface area contributed by atoms with Crippen LogP contribution in [0.15, 0.2) is 29.4 Å². The van der Waals surface area contributed by atoms with Crippen LogP contribution in [0.2, 0.25) is 0 Å². The van der Waals surface area contributed by atoms with E-state index in [1.807, 2.05) is 6.07 Å². The van der Waals surface area contributed by atoms with Gasteiger partial charge < -0.3 is 5.32 Å². The Balaban J connectivity index is 1.76. The molecule has 1 fully saturated rings. The highest BCUT2D eigenvalue weighted by Gasteiger charge is 2.37. The van der Waals surface area contributed by atoms with Gasteiger partial charge in [0.1, 0.15) is 5.71 Å². The highest BCUT2D eigenvalue weighted by molar-refractivity contribution is 7.91. The predicted molar refractivity (Wildman–Crippen MR) is 90.4 cm³/mol. The fourth-order valence-corrected chi connectivity index (χ4v) is 4.55. The van der Waals surface area contributed by atoms with Gasteiger partial charge in [0.05, 0.1) is 29.2 Å². The van der Waals surface area contributed by atoms with Crippen molar-refractivity contribution in [2.45, 2.75) is 25.3 Å². The minimum Gasteiger partial charge on any atom is -0.321 e. The first-order valence-corrected chi connectivity index (χ1v) is 9.61. The lowest BCUT2D eigenvalue weighted by molar-refractivity contribution is -0.133. The molecule has 130 valence electrons. The van der Waals surface area contributed by atoms with Gasteiger partial charge in [0.15, 0.2) is 9.84 Å². The molecule has 1 N–H and O–H groups in total. The second-order valence-corrected chi connectivity index (χ2v) is 8.22. The summed E-state index contributed by atoms with van der Waals surface area (Å²) in [5, 5.41) is 16.8. The maximum Gasteiger partial charge on any atom is 0.271 e. The summed E-state index contributed by atoms with van der Waals surface area (Å²) in [6.07, 6.45) is 0.635. The number of benzene rings is 1. The number of nitrogens with one attached hydrogen (secondary N) is 1. The molecule has 2 aliphatic heterocycles. The second-order valence-electron chi connectivity index (χ2n) is 5.99. The number of nitriles is 1. The molecule has 0 radical (unpaired) electrons. The molecule has 1 aromatic carbocycles. The van der Waals surface area contributed by atoms with E-state index in [4.69, 9.17) is 5.26 Å². The van der Waals surface area contributed by atoms with Crippen molar-refractivity contribution in [3.8, 4) is 6.07 Å². The Labute approximate surface area is 145 Å². The van der Waals surface area contributed by atoms with Crippen molar-refractivity contribution in [3.63, 3.8) is 0 Å². The first-order valence-electron chi connectivity index (χ1n) is 7.79. The van der Waals surface area contributed by atoms with E-state index < -0.39 is 21.8 Å². The van der Waals surface area contributed by atoms with Crippen LogP contribution < -0.4 is 5.32 Å². The van der Waals surface area contributed by atoms with Gasteiger partial charge in [-0.15, -0.1) is 0 Å². The third-order valence-corrected chi connectivity index (χ3v) is 5.88. The molecule has 2 amide bonds. The van der Waals surface area contributed by atoms with Crippen LogP contribution >= 0.6 is 0 Å². The van der Waals surface area contributed by atoms with Crippen LogP contribution in [0.1, 0.15) is 24.8 Å². The number of carbonyl (C=O) groups is 2. The molecule has 8 nitrogen and oxygen atoms in total. The normalized spacial score (nSPS) is 22.2. The summed E-state index contributed by atoms with van der Waals surface area (Å²) >= 11 is 0. The van der Waals surface area contributed by atoms with Gasteiger partial charge in [-0.25, -0.2) is 13.4 Å². The minimum atomic E-state index is -3.16. The predicted octanol–water partition coefficient (Wildman–Crippen LogP) is 0.662. The van der Waals surface area contributed by atoms with E-state index in [0.29, 0.717) is 17.7 Å². The number of nitrogens with zero attached hydrogens (tertiary/aromatic N) is 3. The van der Waals surface area contributed by atoms with Crippen molar-refractivity contribution >= 4 is 33.1 Å². The zero-order valence-electron chi connectivity index (χ0n) is 13.3. The van der Waals surface area contributed by atoms with Gasteiger partial charge in [-0.1, -0.05) is 6.07 Å².